The van der Waals surface area contributed by atoms with E-state index in [1.54, 1.807) is 0 Å². The van der Waals surface area contributed by atoms with E-state index in [0.717, 1.165) is 18.4 Å². The van der Waals surface area contributed by atoms with E-state index in [1.807, 2.05) is 0 Å². The predicted octanol–water partition coefficient (Wildman–Crippen LogP) is 2.00. The van der Waals surface area contributed by atoms with E-state index in [4.69, 9.17) is 0 Å². The van der Waals surface area contributed by atoms with Gasteiger partial charge in [0.2, 0.25) is 0 Å². The lowest BCUT2D eigenvalue weighted by Gasteiger charge is -2.46. The van der Waals surface area contributed by atoms with Gasteiger partial charge < -0.3 is 10.4 Å². The van der Waals surface area contributed by atoms with E-state index < -0.39 is 0 Å². The van der Waals surface area contributed by atoms with Gasteiger partial charge in [-0.05, 0) is 56.9 Å². The van der Waals surface area contributed by atoms with Gasteiger partial charge in [-0.1, -0.05) is 12.8 Å². The van der Waals surface area contributed by atoms with Crippen LogP contribution in [0.4, 0.5) is 0 Å². The summed E-state index contributed by atoms with van der Waals surface area (Å²) in [6.07, 6.45) is 10.8. The van der Waals surface area contributed by atoms with Crippen molar-refractivity contribution >= 4 is 0 Å². The number of nitrogens with one attached hydrogen (secondary N) is 1. The molecule has 0 radical (unpaired) electrons. The normalized spacial score (nSPS) is 33.9. The number of piperidine rings is 1. The van der Waals surface area contributed by atoms with Crippen LogP contribution in [-0.4, -0.2) is 48.3 Å². The Balaban J connectivity index is 1.49. The lowest BCUT2D eigenvalue weighted by Crippen LogP contribution is -2.55. The Hall–Kier alpha value is -0.120. The molecule has 2 saturated carbocycles. The average Bonchev–Trinajstić information content (AvgIpc) is 2.24. The minimum atomic E-state index is 0.360. The van der Waals surface area contributed by atoms with Crippen LogP contribution in [0.15, 0.2) is 0 Å². The molecule has 1 heterocycles. The molecule has 0 spiro atoms. The number of hydrogen-bond donors (Lipinski definition) is 2. The Morgan fingerprint density at radius 2 is 1.79 bits per heavy atom. The molecule has 0 aromatic rings. The number of rotatable bonds is 6. The molecule has 1 saturated heterocycles. The molecular formula is C16H30N2O. The lowest BCUT2D eigenvalue weighted by atomic mass is 9.83. The molecule has 1 aliphatic heterocycles. The van der Waals surface area contributed by atoms with Crippen molar-refractivity contribution in [1.82, 2.24) is 10.2 Å². The third-order valence-corrected chi connectivity index (χ3v) is 5.61. The second-order valence-corrected chi connectivity index (χ2v) is 7.05. The van der Waals surface area contributed by atoms with Crippen LogP contribution in [0.5, 0.6) is 0 Å². The Morgan fingerprint density at radius 3 is 2.37 bits per heavy atom. The Kier molecular flexibility index (Phi) is 4.78. The van der Waals surface area contributed by atoms with E-state index in [0.29, 0.717) is 18.6 Å². The molecule has 3 rings (SSSR count). The van der Waals surface area contributed by atoms with Crippen molar-refractivity contribution in [2.75, 3.05) is 26.2 Å². The Bertz CT molecular complexity index is 276. The summed E-state index contributed by atoms with van der Waals surface area (Å²) < 4.78 is 0. The summed E-state index contributed by atoms with van der Waals surface area (Å²) in [5, 5.41) is 13.0. The maximum absolute atomic E-state index is 9.23. The molecule has 2 atom stereocenters. The third kappa shape index (κ3) is 3.50. The van der Waals surface area contributed by atoms with Crippen LogP contribution in [0.2, 0.25) is 0 Å². The number of likely N-dealkylation sites (tertiary alicyclic amines) is 1. The van der Waals surface area contributed by atoms with Gasteiger partial charge in [-0.3, -0.25) is 4.90 Å². The highest BCUT2D eigenvalue weighted by molar-refractivity contribution is 4.90. The van der Waals surface area contributed by atoms with Gasteiger partial charge in [-0.15, -0.1) is 0 Å². The summed E-state index contributed by atoms with van der Waals surface area (Å²) in [6, 6.07) is 1.53. The standard InChI is InChI=1S/C16H30N2O/c19-8-7-14-9-15(17-10-13-3-1-4-13)12-18(11-14)16-5-2-6-16/h13-17,19H,1-12H2. The fraction of sp³-hybridized carbons (Fsp3) is 1.00. The van der Waals surface area contributed by atoms with Crippen molar-refractivity contribution in [3.63, 3.8) is 0 Å². The van der Waals surface area contributed by atoms with Crippen LogP contribution >= 0.6 is 0 Å². The molecule has 0 aromatic carbocycles. The summed E-state index contributed by atoms with van der Waals surface area (Å²) in [4.78, 5) is 2.71. The van der Waals surface area contributed by atoms with Crippen molar-refractivity contribution in [2.24, 2.45) is 11.8 Å². The van der Waals surface area contributed by atoms with Crippen molar-refractivity contribution in [2.45, 2.75) is 63.5 Å². The molecule has 0 aromatic heterocycles. The molecule has 110 valence electrons. The maximum atomic E-state index is 9.23. The summed E-state index contributed by atoms with van der Waals surface area (Å²) in [7, 11) is 0. The van der Waals surface area contributed by atoms with Crippen LogP contribution in [0.1, 0.15) is 51.4 Å². The molecule has 3 nitrogen and oxygen atoms in total. The summed E-state index contributed by atoms with van der Waals surface area (Å²) in [5.74, 6) is 1.66. The SMILES string of the molecule is OCCC1CC(NCC2CCC2)CN(C2CCC2)C1. The zero-order chi connectivity index (χ0) is 13.1. The smallest absolute Gasteiger partial charge is 0.0434 e. The summed E-state index contributed by atoms with van der Waals surface area (Å²) >= 11 is 0. The van der Waals surface area contributed by atoms with Gasteiger partial charge >= 0.3 is 0 Å². The fourth-order valence-corrected chi connectivity index (χ4v) is 3.86. The van der Waals surface area contributed by atoms with E-state index in [-0.39, 0.29) is 0 Å². The predicted molar refractivity (Wildman–Crippen MR) is 78.2 cm³/mol. The molecular weight excluding hydrogens is 236 g/mol. The van der Waals surface area contributed by atoms with Crippen molar-refractivity contribution in [3.8, 4) is 0 Å². The average molecular weight is 266 g/mol. The van der Waals surface area contributed by atoms with Crippen molar-refractivity contribution in [1.29, 1.82) is 0 Å². The van der Waals surface area contributed by atoms with Gasteiger partial charge in [0, 0.05) is 31.8 Å². The second kappa shape index (κ2) is 6.55. The zero-order valence-corrected chi connectivity index (χ0v) is 12.2. The van der Waals surface area contributed by atoms with Gasteiger partial charge in [0.1, 0.15) is 0 Å². The maximum Gasteiger partial charge on any atom is 0.0434 e. The molecule has 19 heavy (non-hydrogen) atoms. The number of aliphatic hydroxyl groups is 1. The lowest BCUT2D eigenvalue weighted by molar-refractivity contribution is 0.0489. The minimum Gasteiger partial charge on any atom is -0.396 e. The zero-order valence-electron chi connectivity index (χ0n) is 12.2. The quantitative estimate of drug-likeness (QED) is 0.772. The Morgan fingerprint density at radius 1 is 1.00 bits per heavy atom. The van der Waals surface area contributed by atoms with Crippen LogP contribution in [0.25, 0.3) is 0 Å². The number of aliphatic hydroxyl groups excluding tert-OH is 1. The summed E-state index contributed by atoms with van der Waals surface area (Å²) in [6.45, 7) is 4.07. The topological polar surface area (TPSA) is 35.5 Å². The highest BCUT2D eigenvalue weighted by Gasteiger charge is 2.33. The van der Waals surface area contributed by atoms with E-state index in [1.165, 1.54) is 64.6 Å². The van der Waals surface area contributed by atoms with Crippen LogP contribution in [0.3, 0.4) is 0 Å². The fourth-order valence-electron chi connectivity index (χ4n) is 3.86. The third-order valence-electron chi connectivity index (χ3n) is 5.61. The second-order valence-electron chi connectivity index (χ2n) is 7.05. The monoisotopic (exact) mass is 266 g/mol. The number of nitrogens with zero attached hydrogens (tertiary/aromatic N) is 1. The molecule has 2 N–H and O–H groups in total. The molecule has 3 fully saturated rings. The highest BCUT2D eigenvalue weighted by atomic mass is 16.3. The van der Waals surface area contributed by atoms with Crippen LogP contribution < -0.4 is 5.32 Å². The van der Waals surface area contributed by atoms with Crippen LogP contribution in [0, 0.1) is 11.8 Å². The van der Waals surface area contributed by atoms with Gasteiger partial charge in [-0.2, -0.15) is 0 Å². The minimum absolute atomic E-state index is 0.360. The molecule has 3 heteroatoms. The summed E-state index contributed by atoms with van der Waals surface area (Å²) in [5.41, 5.74) is 0. The van der Waals surface area contributed by atoms with E-state index >= 15 is 0 Å². The van der Waals surface area contributed by atoms with E-state index in [9.17, 15) is 5.11 Å². The van der Waals surface area contributed by atoms with Gasteiger partial charge in [-0.25, -0.2) is 0 Å². The van der Waals surface area contributed by atoms with Crippen molar-refractivity contribution < 1.29 is 5.11 Å². The first-order valence-electron chi connectivity index (χ1n) is 8.43. The van der Waals surface area contributed by atoms with Gasteiger partial charge in [0.25, 0.3) is 0 Å². The largest absolute Gasteiger partial charge is 0.396 e. The molecule has 2 aliphatic carbocycles. The molecule has 0 amide bonds. The highest BCUT2D eigenvalue weighted by Crippen LogP contribution is 2.31. The van der Waals surface area contributed by atoms with E-state index in [2.05, 4.69) is 10.2 Å². The molecule has 2 unspecified atom stereocenters. The molecule has 3 aliphatic rings. The van der Waals surface area contributed by atoms with Crippen molar-refractivity contribution in [3.05, 3.63) is 0 Å². The van der Waals surface area contributed by atoms with Gasteiger partial charge in [0.15, 0.2) is 0 Å². The first-order chi connectivity index (χ1) is 9.35. The first-order valence-corrected chi connectivity index (χ1v) is 8.43. The molecule has 0 bridgehead atoms. The number of hydrogen-bond acceptors (Lipinski definition) is 3. The van der Waals surface area contributed by atoms with Gasteiger partial charge in [0.05, 0.1) is 0 Å². The first kappa shape index (κ1) is 13.8. The Labute approximate surface area is 117 Å². The van der Waals surface area contributed by atoms with Crippen LogP contribution in [-0.2, 0) is 0 Å².